The van der Waals surface area contributed by atoms with Gasteiger partial charge in [-0.2, -0.15) is 0 Å². The summed E-state index contributed by atoms with van der Waals surface area (Å²) in [6.45, 7) is 13.8. The van der Waals surface area contributed by atoms with Crippen molar-refractivity contribution in [3.63, 3.8) is 0 Å². The number of nitrogens with zero attached hydrogens (tertiary/aromatic N) is 2. The van der Waals surface area contributed by atoms with Crippen LogP contribution in [-0.4, -0.2) is 42.0 Å². The van der Waals surface area contributed by atoms with E-state index in [4.69, 9.17) is 9.98 Å². The molecule has 2 aromatic rings. The van der Waals surface area contributed by atoms with Crippen LogP contribution in [0, 0.1) is 35.5 Å². The van der Waals surface area contributed by atoms with Gasteiger partial charge in [0.15, 0.2) is 0 Å². The normalized spacial score (nSPS) is 35.3. The molecule has 9 saturated carbocycles. The largest absolute Gasteiger partial charge is 0.673 e. The van der Waals surface area contributed by atoms with Gasteiger partial charge in [-0.3, -0.25) is 9.98 Å². The van der Waals surface area contributed by atoms with E-state index in [1.165, 1.54) is 99.3 Å². The van der Waals surface area contributed by atoms with Crippen molar-refractivity contribution in [2.75, 3.05) is 0 Å². The van der Waals surface area contributed by atoms with Gasteiger partial charge in [-0.15, -0.1) is 0 Å². The van der Waals surface area contributed by atoms with Crippen LogP contribution in [0.4, 0.5) is 17.3 Å². The predicted molar refractivity (Wildman–Crippen MR) is 225 cm³/mol. The number of halogens is 4. The third-order valence-corrected chi connectivity index (χ3v) is 15.7. The summed E-state index contributed by atoms with van der Waals surface area (Å²) in [6.07, 6.45) is 24.2. The van der Waals surface area contributed by atoms with Crippen LogP contribution in [0.3, 0.4) is 0 Å². The van der Waals surface area contributed by atoms with E-state index in [1.807, 2.05) is 12.4 Å². The number of phenols is 2. The zero-order valence-electron chi connectivity index (χ0n) is 35.7. The summed E-state index contributed by atoms with van der Waals surface area (Å²) in [7, 11) is -6.00. The molecule has 9 fully saturated rings. The van der Waals surface area contributed by atoms with E-state index < -0.39 is 7.25 Å². The monoisotopic (exact) mass is 841 g/mol. The van der Waals surface area contributed by atoms with Crippen molar-refractivity contribution in [3.8, 4) is 11.5 Å². The van der Waals surface area contributed by atoms with Crippen molar-refractivity contribution in [2.24, 2.45) is 45.5 Å². The molecule has 11 rings (SSSR count). The number of aliphatic imine (C=N–C) groups is 2. The summed E-state index contributed by atoms with van der Waals surface area (Å²) < 4.78 is 39.0. The van der Waals surface area contributed by atoms with Crippen LogP contribution in [0.15, 0.2) is 34.3 Å². The minimum absolute atomic E-state index is 0. The fraction of sp³-hybridized carbons (Fsp3) is 0.708. The summed E-state index contributed by atoms with van der Waals surface area (Å²) in [6, 6.07) is 9.33. The van der Waals surface area contributed by atoms with E-state index in [1.54, 1.807) is 0 Å². The first-order valence-corrected chi connectivity index (χ1v) is 22.4. The Kier molecular flexibility index (Phi) is 12.0. The molecule has 9 aliphatic rings. The fourth-order valence-electron chi connectivity index (χ4n) is 13.9. The zero-order valence-corrected chi connectivity index (χ0v) is 37.0. The molecule has 2 atom stereocenters. The minimum atomic E-state index is -6.00. The SMILES string of the molecule is CC(C)(C)c1cc(C=N[C@H]2CCCC[C@@H]2N=Cc2cc(C(C)(C)C)cc(C34CC5CC(CC(C5)C3)C4)c2O)c(O)c(C23CC4CC(CC(C4)C2)C3)c1.F[B-](F)(F)F.[Cr]. The maximum atomic E-state index is 12.1. The molecular weight excluding hydrogens is 775 g/mol. The molecule has 0 radical (unpaired) electrons. The van der Waals surface area contributed by atoms with E-state index in [2.05, 4.69) is 65.8 Å². The standard InChI is InChI=1S/C48H66N2O2.BF4.Cr/c1-45(2,3)37-17-35(43(51)39(19-37)47-21-29-11-30(22-47)13-31(12-29)23-47)27-49-41-9-7-8-10-42(41)50-28-36-18-38(46(4,5)6)20-40(44(36)52)48-24-32-14-33(25-48)16-34(15-32)26-48;2-1(3,4)5;/h17-20,27-34,41-42,51-52H,7-16,21-26H2,1-6H3;;/q;-1;/t29?,30?,31?,32?,33?,34?,41-,42-,47?,48?;;/m0../s1. The van der Waals surface area contributed by atoms with E-state index in [-0.39, 0.29) is 51.1 Å². The van der Waals surface area contributed by atoms with E-state index in [9.17, 15) is 27.5 Å². The van der Waals surface area contributed by atoms with E-state index >= 15 is 0 Å². The summed E-state index contributed by atoms with van der Waals surface area (Å²) in [5.41, 5.74) is 7.04. The molecule has 0 spiro atoms. The molecule has 0 unspecified atom stereocenters. The molecule has 0 heterocycles. The Morgan fingerprint density at radius 3 is 1.09 bits per heavy atom. The van der Waals surface area contributed by atoms with Gasteiger partial charge in [-0.05, 0) is 170 Å². The molecule has 0 saturated heterocycles. The number of benzene rings is 2. The molecule has 4 nitrogen and oxygen atoms in total. The number of phenolic OH excluding ortho intramolecular Hbond substituents is 2. The second kappa shape index (κ2) is 15.9. The molecule has 9 aliphatic carbocycles. The van der Waals surface area contributed by atoms with Crippen LogP contribution < -0.4 is 0 Å². The Morgan fingerprint density at radius 1 is 0.552 bits per heavy atom. The van der Waals surface area contributed by atoms with Gasteiger partial charge in [-0.1, -0.05) is 66.5 Å². The molecule has 0 amide bonds. The van der Waals surface area contributed by atoms with Crippen LogP contribution in [0.2, 0.25) is 0 Å². The third kappa shape index (κ3) is 9.00. The molecule has 2 aromatic carbocycles. The second-order valence-electron chi connectivity index (χ2n) is 22.3. The Balaban J connectivity index is 0.000000806. The molecule has 58 heavy (non-hydrogen) atoms. The second-order valence-corrected chi connectivity index (χ2v) is 22.3. The predicted octanol–water partition coefficient (Wildman–Crippen LogP) is 12.8. The quantitative estimate of drug-likeness (QED) is 0.173. The van der Waals surface area contributed by atoms with Crippen molar-refractivity contribution in [1.82, 2.24) is 0 Å². The van der Waals surface area contributed by atoms with Gasteiger partial charge in [0.2, 0.25) is 0 Å². The summed E-state index contributed by atoms with van der Waals surface area (Å²) in [5.74, 6) is 5.93. The molecule has 318 valence electrons. The fourth-order valence-corrected chi connectivity index (χ4v) is 13.9. The Hall–Kier alpha value is -2.30. The van der Waals surface area contributed by atoms with E-state index in [0.717, 1.165) is 72.3 Å². The minimum Gasteiger partial charge on any atom is -0.507 e. The topological polar surface area (TPSA) is 65.2 Å². The first-order valence-electron chi connectivity index (χ1n) is 22.4. The number of hydrogen-bond acceptors (Lipinski definition) is 4. The van der Waals surface area contributed by atoms with Crippen molar-refractivity contribution in [2.45, 2.75) is 178 Å². The zero-order chi connectivity index (χ0) is 40.7. The molecule has 8 bridgehead atoms. The molecule has 0 aromatic heterocycles. The van der Waals surface area contributed by atoms with Crippen LogP contribution in [0.1, 0.15) is 178 Å². The first kappa shape index (κ1) is 43.8. The molecule has 2 N–H and O–H groups in total. The van der Waals surface area contributed by atoms with Gasteiger partial charge < -0.3 is 27.5 Å². The molecular formula is C48H66BCrF4N2O2-. The van der Waals surface area contributed by atoms with Gasteiger partial charge in [-0.25, -0.2) is 0 Å². The van der Waals surface area contributed by atoms with Gasteiger partial charge in [0.05, 0.1) is 12.1 Å². The third-order valence-electron chi connectivity index (χ3n) is 15.7. The van der Waals surface area contributed by atoms with Crippen molar-refractivity contribution in [3.05, 3.63) is 57.6 Å². The van der Waals surface area contributed by atoms with Crippen molar-refractivity contribution >= 4 is 19.7 Å². The van der Waals surface area contributed by atoms with Crippen LogP contribution >= 0.6 is 0 Å². The van der Waals surface area contributed by atoms with Gasteiger partial charge in [0.1, 0.15) is 11.5 Å². The van der Waals surface area contributed by atoms with Gasteiger partial charge >= 0.3 is 7.25 Å². The van der Waals surface area contributed by atoms with Crippen LogP contribution in [-0.2, 0) is 39.0 Å². The van der Waals surface area contributed by atoms with Crippen molar-refractivity contribution in [1.29, 1.82) is 0 Å². The van der Waals surface area contributed by atoms with Crippen LogP contribution in [0.25, 0.3) is 0 Å². The Labute approximate surface area is 355 Å². The number of rotatable bonds is 6. The summed E-state index contributed by atoms with van der Waals surface area (Å²) in [4.78, 5) is 10.6. The maximum Gasteiger partial charge on any atom is 0.673 e. The smallest absolute Gasteiger partial charge is 0.507 e. The number of aromatic hydroxyl groups is 2. The molecule has 0 aliphatic heterocycles. The summed E-state index contributed by atoms with van der Waals surface area (Å²) in [5, 5.41) is 24.1. The molecule has 10 heteroatoms. The average Bonchev–Trinajstić information content (AvgIpc) is 3.08. The Morgan fingerprint density at radius 2 is 0.828 bits per heavy atom. The maximum absolute atomic E-state index is 12.1. The van der Waals surface area contributed by atoms with Crippen molar-refractivity contribution < 1.29 is 44.8 Å². The number of hydrogen-bond donors (Lipinski definition) is 2. The first-order chi connectivity index (χ1) is 26.7. The van der Waals surface area contributed by atoms with Crippen LogP contribution in [0.5, 0.6) is 11.5 Å². The Bertz CT molecular complexity index is 1690. The average molecular weight is 842 g/mol. The summed E-state index contributed by atoms with van der Waals surface area (Å²) >= 11 is 0. The van der Waals surface area contributed by atoms with Gasteiger partial charge in [0.25, 0.3) is 0 Å². The van der Waals surface area contributed by atoms with Gasteiger partial charge in [0, 0.05) is 52.0 Å². The van der Waals surface area contributed by atoms with E-state index in [0.29, 0.717) is 11.5 Å².